The third-order valence-electron chi connectivity index (χ3n) is 7.72. The van der Waals surface area contributed by atoms with E-state index < -0.39 is 71.7 Å². The fraction of sp³-hybridized carbons (Fsp3) is 0.615. The Labute approximate surface area is 250 Å². The summed E-state index contributed by atoms with van der Waals surface area (Å²) in [5.74, 6) is -2.65. The summed E-state index contributed by atoms with van der Waals surface area (Å²) in [6.07, 6.45) is -17.0. The fourth-order valence-corrected chi connectivity index (χ4v) is 4.63. The average Bonchev–Trinajstić information content (AvgIpc) is 3.46. The van der Waals surface area contributed by atoms with E-state index in [2.05, 4.69) is 19.8 Å². The van der Waals surface area contributed by atoms with Crippen LogP contribution in [0.25, 0.3) is 11.4 Å². The van der Waals surface area contributed by atoms with Crippen molar-refractivity contribution in [2.75, 3.05) is 46.0 Å². The lowest BCUT2D eigenvalue weighted by Gasteiger charge is -2.33. The molecule has 0 aliphatic carbocycles. The Bertz CT molecular complexity index is 1390. The van der Waals surface area contributed by atoms with Crippen LogP contribution < -0.4 is 4.74 Å². The van der Waals surface area contributed by atoms with Crippen molar-refractivity contribution in [3.05, 3.63) is 29.7 Å². The number of nitrogens with zero attached hydrogens (tertiary/aromatic N) is 5. The summed E-state index contributed by atoms with van der Waals surface area (Å²) in [4.78, 5) is 34.5. The zero-order valence-electron chi connectivity index (χ0n) is 24.1. The molecule has 0 saturated carbocycles. The summed E-state index contributed by atoms with van der Waals surface area (Å²) in [5, 5.41) is 3.56. The normalized spacial score (nSPS) is 18.7. The molecule has 250 valence electrons. The third-order valence-corrected chi connectivity index (χ3v) is 7.72. The van der Waals surface area contributed by atoms with Crippen molar-refractivity contribution in [3.8, 4) is 17.1 Å². The lowest BCUT2D eigenvalue weighted by atomic mass is 9.90. The number of halogens is 9. The van der Waals surface area contributed by atoms with Crippen molar-refractivity contribution in [3.63, 3.8) is 0 Å². The van der Waals surface area contributed by atoms with Gasteiger partial charge in [0.1, 0.15) is 24.4 Å². The molecule has 2 aromatic rings. The Hall–Kier alpha value is -3.61. The number of morpholine rings is 1. The van der Waals surface area contributed by atoms with Gasteiger partial charge in [-0.3, -0.25) is 14.6 Å². The molecule has 45 heavy (non-hydrogen) atoms. The second kappa shape index (κ2) is 12.0. The minimum absolute atomic E-state index is 0.225. The SMILES string of the molecule is CC1(C)C(=O)N(Cc2nc(-c3ccc(OCC(C)(C(F)(F)F)C(F)(F)F)c(C(F)(F)F)c3)no2)C(=O)N1CCN1CCOCC1. The van der Waals surface area contributed by atoms with Crippen LogP contribution in [0.4, 0.5) is 44.3 Å². The molecule has 3 amide bonds. The highest BCUT2D eigenvalue weighted by atomic mass is 19.4. The van der Waals surface area contributed by atoms with E-state index in [1.807, 2.05) is 0 Å². The van der Waals surface area contributed by atoms with Crippen LogP contribution in [0.5, 0.6) is 5.75 Å². The van der Waals surface area contributed by atoms with Gasteiger partial charge in [-0.2, -0.15) is 44.5 Å². The molecule has 0 radical (unpaired) electrons. The first-order valence-electron chi connectivity index (χ1n) is 13.4. The Kier molecular flexibility index (Phi) is 9.11. The van der Waals surface area contributed by atoms with Crippen LogP contribution in [-0.4, -0.2) is 101 Å². The summed E-state index contributed by atoms with van der Waals surface area (Å²) in [5.41, 5.74) is -7.76. The number of ether oxygens (including phenoxy) is 2. The molecule has 1 aromatic heterocycles. The van der Waals surface area contributed by atoms with Crippen LogP contribution in [-0.2, 0) is 22.3 Å². The van der Waals surface area contributed by atoms with Gasteiger partial charge in [-0.15, -0.1) is 0 Å². The average molecular weight is 662 g/mol. The molecule has 2 saturated heterocycles. The maximum atomic E-state index is 13.8. The summed E-state index contributed by atoms with van der Waals surface area (Å²) < 4.78 is 135. The fourth-order valence-electron chi connectivity index (χ4n) is 4.63. The van der Waals surface area contributed by atoms with Crippen LogP contribution in [0.1, 0.15) is 32.2 Å². The number of carbonyl (C=O) groups excluding carboxylic acids is 2. The number of hydrogen-bond acceptors (Lipinski definition) is 8. The molecule has 4 rings (SSSR count). The summed E-state index contributed by atoms with van der Waals surface area (Å²) in [6, 6.07) is 1.12. The van der Waals surface area contributed by atoms with Gasteiger partial charge >= 0.3 is 24.6 Å². The van der Waals surface area contributed by atoms with Crippen molar-refractivity contribution in [1.82, 2.24) is 24.8 Å². The predicted octanol–water partition coefficient (Wildman–Crippen LogP) is 5.14. The number of benzene rings is 1. The van der Waals surface area contributed by atoms with Gasteiger partial charge < -0.3 is 18.9 Å². The largest absolute Gasteiger partial charge is 0.492 e. The number of aromatic nitrogens is 2. The quantitative estimate of drug-likeness (QED) is 0.269. The second-order valence-corrected chi connectivity index (χ2v) is 11.2. The van der Waals surface area contributed by atoms with Crippen molar-refractivity contribution >= 4 is 11.9 Å². The smallest absolute Gasteiger partial charge is 0.419 e. The van der Waals surface area contributed by atoms with Crippen LogP contribution in [0, 0.1) is 5.41 Å². The van der Waals surface area contributed by atoms with E-state index in [4.69, 9.17) is 9.26 Å². The summed E-state index contributed by atoms with van der Waals surface area (Å²) in [6.45, 7) is 3.31. The Morgan fingerprint density at radius 2 is 1.58 bits per heavy atom. The first kappa shape index (κ1) is 34.3. The van der Waals surface area contributed by atoms with Gasteiger partial charge in [-0.05, 0) is 39.0 Å². The number of amides is 3. The van der Waals surface area contributed by atoms with E-state index in [0.29, 0.717) is 45.0 Å². The van der Waals surface area contributed by atoms with Crippen molar-refractivity contribution in [2.24, 2.45) is 5.41 Å². The Balaban J connectivity index is 1.51. The monoisotopic (exact) mass is 661 g/mol. The number of urea groups is 1. The van der Waals surface area contributed by atoms with E-state index in [1.54, 1.807) is 13.8 Å². The van der Waals surface area contributed by atoms with Crippen LogP contribution in [0.15, 0.2) is 22.7 Å². The van der Waals surface area contributed by atoms with E-state index in [-0.39, 0.29) is 24.9 Å². The summed E-state index contributed by atoms with van der Waals surface area (Å²) >= 11 is 0. The lowest BCUT2D eigenvalue weighted by molar-refractivity contribution is -0.340. The molecule has 2 fully saturated rings. The lowest BCUT2D eigenvalue weighted by Crippen LogP contribution is -2.51. The van der Waals surface area contributed by atoms with Gasteiger partial charge in [-0.1, -0.05) is 5.16 Å². The number of rotatable bonds is 9. The van der Waals surface area contributed by atoms with E-state index in [1.165, 1.54) is 4.90 Å². The Morgan fingerprint density at radius 3 is 2.16 bits per heavy atom. The van der Waals surface area contributed by atoms with Crippen LogP contribution in [0.2, 0.25) is 0 Å². The van der Waals surface area contributed by atoms with E-state index >= 15 is 0 Å². The summed E-state index contributed by atoms with van der Waals surface area (Å²) in [7, 11) is 0. The van der Waals surface area contributed by atoms with Crippen molar-refractivity contribution < 1.29 is 63.1 Å². The number of alkyl halides is 9. The van der Waals surface area contributed by atoms with Crippen molar-refractivity contribution in [1.29, 1.82) is 0 Å². The minimum Gasteiger partial charge on any atom is -0.492 e. The Morgan fingerprint density at radius 1 is 0.956 bits per heavy atom. The molecule has 0 N–H and O–H groups in total. The highest BCUT2D eigenvalue weighted by Gasteiger charge is 2.68. The highest BCUT2D eigenvalue weighted by molar-refractivity contribution is 6.06. The van der Waals surface area contributed by atoms with Gasteiger partial charge in [0, 0.05) is 31.7 Å². The highest BCUT2D eigenvalue weighted by Crippen LogP contribution is 2.50. The van der Waals surface area contributed by atoms with Crippen LogP contribution in [0.3, 0.4) is 0 Å². The maximum absolute atomic E-state index is 13.8. The maximum Gasteiger partial charge on any atom is 0.419 e. The molecule has 2 aliphatic rings. The topological polar surface area (TPSA) is 101 Å². The zero-order chi connectivity index (χ0) is 33.6. The third kappa shape index (κ3) is 6.83. The second-order valence-electron chi connectivity index (χ2n) is 11.2. The number of hydrogen-bond donors (Lipinski definition) is 0. The van der Waals surface area contributed by atoms with Gasteiger partial charge in [-0.25, -0.2) is 4.79 Å². The zero-order valence-corrected chi connectivity index (χ0v) is 24.1. The molecule has 19 heteroatoms. The van der Waals surface area contributed by atoms with Gasteiger partial charge in [0.05, 0.1) is 18.8 Å². The number of imide groups is 1. The van der Waals surface area contributed by atoms with Crippen LogP contribution >= 0.6 is 0 Å². The molecular weight excluding hydrogens is 633 g/mol. The van der Waals surface area contributed by atoms with Gasteiger partial charge in [0.15, 0.2) is 5.41 Å². The molecule has 0 spiro atoms. The van der Waals surface area contributed by atoms with Gasteiger partial charge in [0.2, 0.25) is 11.7 Å². The minimum atomic E-state index is -5.88. The van der Waals surface area contributed by atoms with Crippen molar-refractivity contribution in [2.45, 2.75) is 51.4 Å². The van der Waals surface area contributed by atoms with E-state index in [0.717, 1.165) is 11.0 Å². The molecule has 1 aromatic carbocycles. The first-order chi connectivity index (χ1) is 20.7. The molecule has 10 nitrogen and oxygen atoms in total. The molecule has 0 bridgehead atoms. The van der Waals surface area contributed by atoms with E-state index in [9.17, 15) is 49.1 Å². The molecule has 0 atom stereocenters. The molecular formula is C26H28F9N5O5. The number of carbonyl (C=O) groups is 2. The first-order valence-corrected chi connectivity index (χ1v) is 13.4. The standard InChI is InChI=1S/C26H28F9N5O5/c1-22(2)20(41)39(21(42)40(22)7-6-38-8-10-43-11-9-38)13-18-36-19(37-45-18)15-4-5-17(16(12-15)24(27,28)29)44-14-23(3,25(30,31)32)26(33,34)35/h4-5,12H,6-11,13-14H2,1-3H3. The molecule has 2 aliphatic heterocycles. The molecule has 3 heterocycles. The predicted molar refractivity (Wildman–Crippen MR) is 134 cm³/mol. The molecule has 0 unspecified atom stereocenters. The van der Waals surface area contributed by atoms with Gasteiger partial charge in [0.25, 0.3) is 5.91 Å².